The number of ether oxygens (including phenoxy) is 2. The summed E-state index contributed by atoms with van der Waals surface area (Å²) in [6.45, 7) is 4.62. The number of hydrogen-bond acceptors (Lipinski definition) is 8. The van der Waals surface area contributed by atoms with Crippen molar-refractivity contribution in [3.8, 4) is 11.7 Å². The number of rotatable bonds is 6. The number of benzene rings is 1. The van der Waals surface area contributed by atoms with Gasteiger partial charge in [-0.05, 0) is 19.1 Å². The minimum atomic E-state index is -0.248. The Balaban J connectivity index is 1.48. The van der Waals surface area contributed by atoms with Crippen molar-refractivity contribution in [1.29, 1.82) is 0 Å². The summed E-state index contributed by atoms with van der Waals surface area (Å²) in [4.78, 5) is 27.8. The van der Waals surface area contributed by atoms with Crippen LogP contribution in [0.2, 0.25) is 0 Å². The molecule has 2 aromatic heterocycles. The molecule has 4 rings (SSSR count). The molecule has 0 radical (unpaired) electrons. The number of morpholine rings is 1. The van der Waals surface area contributed by atoms with Crippen LogP contribution >= 0.6 is 0 Å². The zero-order chi connectivity index (χ0) is 20.9. The maximum atomic E-state index is 12.7. The van der Waals surface area contributed by atoms with Crippen LogP contribution in [-0.2, 0) is 11.3 Å². The van der Waals surface area contributed by atoms with Gasteiger partial charge in [-0.15, -0.1) is 0 Å². The number of carbonyl (C=O) groups is 1. The van der Waals surface area contributed by atoms with Crippen molar-refractivity contribution < 1.29 is 14.3 Å². The number of aromatic nitrogens is 5. The highest BCUT2D eigenvalue weighted by molar-refractivity contribution is 5.95. The van der Waals surface area contributed by atoms with Crippen molar-refractivity contribution in [2.75, 3.05) is 38.3 Å². The zero-order valence-electron chi connectivity index (χ0n) is 16.9. The molecular formula is C20H23N7O3. The van der Waals surface area contributed by atoms with Gasteiger partial charge in [-0.25, -0.2) is 4.68 Å². The summed E-state index contributed by atoms with van der Waals surface area (Å²) < 4.78 is 12.3. The molecule has 1 saturated heterocycles. The number of anilines is 1. The highest BCUT2D eigenvalue weighted by Crippen LogP contribution is 2.15. The summed E-state index contributed by atoms with van der Waals surface area (Å²) in [7, 11) is 1.50. The SMILES string of the molecule is COc1nc(CNC(=O)c2cnn(-c3ccccc3)c2C)nc(N2CCOCC2)n1. The van der Waals surface area contributed by atoms with Crippen LogP contribution in [-0.4, -0.2) is 64.1 Å². The van der Waals surface area contributed by atoms with Gasteiger partial charge in [-0.1, -0.05) is 18.2 Å². The first kappa shape index (κ1) is 19.8. The Hall–Kier alpha value is -3.53. The first-order valence-corrected chi connectivity index (χ1v) is 9.65. The first-order valence-electron chi connectivity index (χ1n) is 9.65. The van der Waals surface area contributed by atoms with Crippen LogP contribution in [0.15, 0.2) is 36.5 Å². The van der Waals surface area contributed by atoms with Gasteiger partial charge < -0.3 is 19.7 Å². The van der Waals surface area contributed by atoms with E-state index in [0.717, 1.165) is 11.4 Å². The average Bonchev–Trinajstić information content (AvgIpc) is 3.19. The summed E-state index contributed by atoms with van der Waals surface area (Å²) in [5.41, 5.74) is 2.14. The van der Waals surface area contributed by atoms with Gasteiger partial charge in [0.2, 0.25) is 5.95 Å². The van der Waals surface area contributed by atoms with E-state index >= 15 is 0 Å². The second-order valence-corrected chi connectivity index (χ2v) is 6.71. The van der Waals surface area contributed by atoms with E-state index in [9.17, 15) is 4.79 Å². The summed E-state index contributed by atoms with van der Waals surface area (Å²) in [6.07, 6.45) is 1.56. The van der Waals surface area contributed by atoms with E-state index in [1.165, 1.54) is 7.11 Å². The fraction of sp³-hybridized carbons (Fsp3) is 0.350. The molecule has 30 heavy (non-hydrogen) atoms. The maximum Gasteiger partial charge on any atom is 0.321 e. The van der Waals surface area contributed by atoms with Gasteiger partial charge in [-0.2, -0.15) is 20.1 Å². The molecular weight excluding hydrogens is 386 g/mol. The van der Waals surface area contributed by atoms with Gasteiger partial charge in [0, 0.05) is 13.1 Å². The standard InChI is InChI=1S/C20H23N7O3/c1-14-16(12-22-27(14)15-6-4-3-5-7-15)18(28)21-13-17-23-19(25-20(24-17)29-2)26-8-10-30-11-9-26/h3-7,12H,8-11,13H2,1-2H3,(H,21,28). The Kier molecular flexibility index (Phi) is 5.84. The largest absolute Gasteiger partial charge is 0.467 e. The van der Waals surface area contributed by atoms with E-state index in [-0.39, 0.29) is 18.5 Å². The molecule has 0 spiro atoms. The summed E-state index contributed by atoms with van der Waals surface area (Å²) in [5.74, 6) is 0.689. The Bertz CT molecular complexity index is 1020. The van der Waals surface area contributed by atoms with Crippen LogP contribution in [0.3, 0.4) is 0 Å². The van der Waals surface area contributed by atoms with Gasteiger partial charge in [0.15, 0.2) is 5.82 Å². The van der Waals surface area contributed by atoms with Gasteiger partial charge in [0.1, 0.15) is 0 Å². The van der Waals surface area contributed by atoms with Crippen molar-refractivity contribution in [1.82, 2.24) is 30.0 Å². The normalized spacial score (nSPS) is 13.9. The Labute approximate surface area is 173 Å². The summed E-state index contributed by atoms with van der Waals surface area (Å²) >= 11 is 0. The second kappa shape index (κ2) is 8.87. The number of nitrogens with one attached hydrogen (secondary N) is 1. The molecule has 10 nitrogen and oxygen atoms in total. The Morgan fingerprint density at radius 2 is 1.93 bits per heavy atom. The second-order valence-electron chi connectivity index (χ2n) is 6.71. The number of carbonyl (C=O) groups excluding carboxylic acids is 1. The minimum Gasteiger partial charge on any atom is -0.467 e. The summed E-state index contributed by atoms with van der Waals surface area (Å²) in [6, 6.07) is 9.87. The van der Waals surface area contributed by atoms with E-state index in [1.807, 2.05) is 42.2 Å². The van der Waals surface area contributed by atoms with Crippen molar-refractivity contribution in [3.05, 3.63) is 53.6 Å². The molecule has 0 unspecified atom stereocenters. The molecule has 1 N–H and O–H groups in total. The van der Waals surface area contributed by atoms with Crippen molar-refractivity contribution in [2.45, 2.75) is 13.5 Å². The predicted molar refractivity (Wildman–Crippen MR) is 109 cm³/mol. The molecule has 0 bridgehead atoms. The number of methoxy groups -OCH3 is 1. The van der Waals surface area contributed by atoms with Crippen molar-refractivity contribution >= 4 is 11.9 Å². The van der Waals surface area contributed by atoms with E-state index in [2.05, 4.69) is 25.4 Å². The lowest BCUT2D eigenvalue weighted by Gasteiger charge is -2.26. The molecule has 156 valence electrons. The minimum absolute atomic E-state index is 0.144. The fourth-order valence-electron chi connectivity index (χ4n) is 3.18. The molecule has 1 aliphatic rings. The van der Waals surface area contributed by atoms with Gasteiger partial charge in [0.05, 0.1) is 50.0 Å². The lowest BCUT2D eigenvalue weighted by atomic mass is 10.2. The third-order valence-corrected chi connectivity index (χ3v) is 4.79. The topological polar surface area (TPSA) is 107 Å². The lowest BCUT2D eigenvalue weighted by molar-refractivity contribution is 0.0949. The smallest absolute Gasteiger partial charge is 0.321 e. The molecule has 1 aliphatic heterocycles. The third kappa shape index (κ3) is 4.23. The lowest BCUT2D eigenvalue weighted by Crippen LogP contribution is -2.37. The van der Waals surface area contributed by atoms with Crippen LogP contribution in [0.25, 0.3) is 5.69 Å². The van der Waals surface area contributed by atoms with Crippen LogP contribution in [0, 0.1) is 6.92 Å². The quantitative estimate of drug-likeness (QED) is 0.646. The monoisotopic (exact) mass is 409 g/mol. The first-order chi connectivity index (χ1) is 14.7. The number of amides is 1. The molecule has 0 saturated carbocycles. The Morgan fingerprint density at radius 3 is 2.67 bits per heavy atom. The molecule has 3 heterocycles. The van der Waals surface area contributed by atoms with Crippen LogP contribution in [0.4, 0.5) is 5.95 Å². The molecule has 10 heteroatoms. The summed E-state index contributed by atoms with van der Waals surface area (Å²) in [5, 5.41) is 7.20. The molecule has 1 fully saturated rings. The van der Waals surface area contributed by atoms with Crippen molar-refractivity contribution in [2.24, 2.45) is 0 Å². The molecule has 0 atom stereocenters. The number of para-hydroxylation sites is 1. The van der Waals surface area contributed by atoms with Gasteiger partial charge in [0.25, 0.3) is 5.91 Å². The van der Waals surface area contributed by atoms with Crippen LogP contribution < -0.4 is 15.0 Å². The zero-order valence-corrected chi connectivity index (χ0v) is 16.9. The predicted octanol–water partition coefficient (Wildman–Crippen LogP) is 1.14. The molecule has 0 aliphatic carbocycles. The van der Waals surface area contributed by atoms with Crippen LogP contribution in [0.1, 0.15) is 21.9 Å². The highest BCUT2D eigenvalue weighted by Gasteiger charge is 2.19. The van der Waals surface area contributed by atoms with E-state index in [0.29, 0.717) is 43.6 Å². The van der Waals surface area contributed by atoms with E-state index < -0.39 is 0 Å². The van der Waals surface area contributed by atoms with Gasteiger partial charge >= 0.3 is 6.01 Å². The average molecular weight is 409 g/mol. The Morgan fingerprint density at radius 1 is 1.17 bits per heavy atom. The van der Waals surface area contributed by atoms with Gasteiger partial charge in [-0.3, -0.25) is 4.79 Å². The highest BCUT2D eigenvalue weighted by atomic mass is 16.5. The number of hydrogen-bond donors (Lipinski definition) is 1. The van der Waals surface area contributed by atoms with Crippen molar-refractivity contribution in [3.63, 3.8) is 0 Å². The number of nitrogens with zero attached hydrogens (tertiary/aromatic N) is 6. The fourth-order valence-corrected chi connectivity index (χ4v) is 3.18. The molecule has 1 amide bonds. The molecule has 3 aromatic rings. The third-order valence-electron chi connectivity index (χ3n) is 4.79. The van der Waals surface area contributed by atoms with Crippen LogP contribution in [0.5, 0.6) is 6.01 Å². The maximum absolute atomic E-state index is 12.7. The van der Waals surface area contributed by atoms with E-state index in [1.54, 1.807) is 10.9 Å². The molecule has 1 aromatic carbocycles. The van der Waals surface area contributed by atoms with E-state index in [4.69, 9.17) is 9.47 Å².